The van der Waals surface area contributed by atoms with Crippen LogP contribution in [0.2, 0.25) is 0 Å². The van der Waals surface area contributed by atoms with E-state index in [1.165, 1.54) is 0 Å². The molecule has 1 aliphatic rings. The van der Waals surface area contributed by atoms with Gasteiger partial charge in [-0.1, -0.05) is 45.9 Å². The Morgan fingerprint density at radius 2 is 1.95 bits per heavy atom. The standard InChI is InChI=1S/C18H29FN2/c1-5-18(6-2)13-21(17(11-20-18)14(3)4)12-15-9-7-8-10-16(15)19/h7-10,14,17,20H,5-6,11-13H2,1-4H3. The van der Waals surface area contributed by atoms with E-state index in [2.05, 4.69) is 37.9 Å². The summed E-state index contributed by atoms with van der Waals surface area (Å²) in [5, 5.41) is 3.76. The molecular formula is C18H29FN2. The van der Waals surface area contributed by atoms with Gasteiger partial charge in [0.1, 0.15) is 5.82 Å². The molecule has 1 aromatic rings. The molecule has 1 atom stereocenters. The number of piperazine rings is 1. The molecular weight excluding hydrogens is 263 g/mol. The predicted molar refractivity (Wildman–Crippen MR) is 86.8 cm³/mol. The summed E-state index contributed by atoms with van der Waals surface area (Å²) >= 11 is 0. The lowest BCUT2D eigenvalue weighted by Gasteiger charge is -2.49. The highest BCUT2D eigenvalue weighted by Gasteiger charge is 2.37. The molecule has 1 unspecified atom stereocenters. The van der Waals surface area contributed by atoms with Crippen LogP contribution in [-0.4, -0.2) is 29.6 Å². The number of benzene rings is 1. The normalized spacial score (nSPS) is 22.7. The zero-order chi connectivity index (χ0) is 15.5. The second kappa shape index (κ2) is 6.89. The van der Waals surface area contributed by atoms with Crippen LogP contribution in [-0.2, 0) is 6.54 Å². The van der Waals surface area contributed by atoms with Crippen molar-refractivity contribution in [3.05, 3.63) is 35.6 Å². The molecule has 0 aliphatic carbocycles. The van der Waals surface area contributed by atoms with Crippen LogP contribution in [0, 0.1) is 11.7 Å². The van der Waals surface area contributed by atoms with Crippen LogP contribution in [0.1, 0.15) is 46.1 Å². The van der Waals surface area contributed by atoms with Crippen LogP contribution in [0.4, 0.5) is 4.39 Å². The molecule has 1 fully saturated rings. The minimum atomic E-state index is -0.0860. The molecule has 2 nitrogen and oxygen atoms in total. The van der Waals surface area contributed by atoms with Crippen LogP contribution in [0.3, 0.4) is 0 Å². The van der Waals surface area contributed by atoms with Gasteiger partial charge in [-0.05, 0) is 24.8 Å². The Morgan fingerprint density at radius 1 is 1.29 bits per heavy atom. The smallest absolute Gasteiger partial charge is 0.127 e. The van der Waals surface area contributed by atoms with E-state index in [4.69, 9.17) is 0 Å². The number of rotatable bonds is 5. The zero-order valence-electron chi connectivity index (χ0n) is 13.8. The van der Waals surface area contributed by atoms with Gasteiger partial charge in [-0.2, -0.15) is 0 Å². The van der Waals surface area contributed by atoms with E-state index in [1.807, 2.05) is 12.1 Å². The van der Waals surface area contributed by atoms with Crippen molar-refractivity contribution >= 4 is 0 Å². The topological polar surface area (TPSA) is 15.3 Å². The van der Waals surface area contributed by atoms with E-state index in [0.29, 0.717) is 18.5 Å². The lowest BCUT2D eigenvalue weighted by atomic mass is 9.86. The van der Waals surface area contributed by atoms with Gasteiger partial charge in [0, 0.05) is 36.8 Å². The van der Waals surface area contributed by atoms with Crippen molar-refractivity contribution in [2.24, 2.45) is 5.92 Å². The second-order valence-corrected chi connectivity index (χ2v) is 6.68. The summed E-state index contributed by atoms with van der Waals surface area (Å²) < 4.78 is 14.0. The summed E-state index contributed by atoms with van der Waals surface area (Å²) in [4.78, 5) is 2.48. The fourth-order valence-electron chi connectivity index (χ4n) is 3.41. The van der Waals surface area contributed by atoms with E-state index in [-0.39, 0.29) is 11.4 Å². The number of hydrogen-bond acceptors (Lipinski definition) is 2. The van der Waals surface area contributed by atoms with Crippen molar-refractivity contribution in [1.82, 2.24) is 10.2 Å². The SMILES string of the molecule is CCC1(CC)CN(Cc2ccccc2F)C(C(C)C)CN1. The highest BCUT2D eigenvalue weighted by atomic mass is 19.1. The molecule has 0 radical (unpaired) electrons. The van der Waals surface area contributed by atoms with Gasteiger partial charge in [-0.25, -0.2) is 4.39 Å². The van der Waals surface area contributed by atoms with Crippen LogP contribution in [0.5, 0.6) is 0 Å². The maximum absolute atomic E-state index is 14.0. The summed E-state index contributed by atoms with van der Waals surface area (Å²) in [7, 11) is 0. The zero-order valence-corrected chi connectivity index (χ0v) is 13.8. The Morgan fingerprint density at radius 3 is 2.52 bits per heavy atom. The Labute approximate surface area is 128 Å². The Hall–Kier alpha value is -0.930. The third kappa shape index (κ3) is 3.64. The minimum absolute atomic E-state index is 0.0860. The molecule has 0 saturated carbocycles. The summed E-state index contributed by atoms with van der Waals surface area (Å²) in [5.41, 5.74) is 0.988. The quantitative estimate of drug-likeness (QED) is 0.887. The first kappa shape index (κ1) is 16.4. The summed E-state index contributed by atoms with van der Waals surface area (Å²) in [6.45, 7) is 11.7. The van der Waals surface area contributed by atoms with Gasteiger partial charge in [-0.15, -0.1) is 0 Å². The van der Waals surface area contributed by atoms with Crippen molar-refractivity contribution in [1.29, 1.82) is 0 Å². The van der Waals surface area contributed by atoms with Gasteiger partial charge in [-0.3, -0.25) is 4.90 Å². The minimum Gasteiger partial charge on any atom is -0.308 e. The molecule has 1 heterocycles. The van der Waals surface area contributed by atoms with Crippen molar-refractivity contribution in [2.75, 3.05) is 13.1 Å². The van der Waals surface area contributed by atoms with Crippen LogP contribution in [0.15, 0.2) is 24.3 Å². The molecule has 118 valence electrons. The molecule has 0 aromatic heterocycles. The van der Waals surface area contributed by atoms with E-state index in [0.717, 1.165) is 31.5 Å². The van der Waals surface area contributed by atoms with Gasteiger partial charge >= 0.3 is 0 Å². The maximum atomic E-state index is 14.0. The van der Waals surface area contributed by atoms with Crippen molar-refractivity contribution < 1.29 is 4.39 Å². The fraction of sp³-hybridized carbons (Fsp3) is 0.667. The number of nitrogens with zero attached hydrogens (tertiary/aromatic N) is 1. The van der Waals surface area contributed by atoms with Crippen LogP contribution in [0.25, 0.3) is 0 Å². The molecule has 0 amide bonds. The van der Waals surface area contributed by atoms with Gasteiger partial charge < -0.3 is 5.32 Å². The second-order valence-electron chi connectivity index (χ2n) is 6.68. The Kier molecular flexibility index (Phi) is 5.39. The first-order valence-electron chi connectivity index (χ1n) is 8.24. The third-order valence-electron chi connectivity index (χ3n) is 5.12. The van der Waals surface area contributed by atoms with E-state index in [1.54, 1.807) is 12.1 Å². The van der Waals surface area contributed by atoms with Gasteiger partial charge in [0.15, 0.2) is 0 Å². The fourth-order valence-corrected chi connectivity index (χ4v) is 3.41. The van der Waals surface area contributed by atoms with Gasteiger partial charge in [0.25, 0.3) is 0 Å². The van der Waals surface area contributed by atoms with E-state index < -0.39 is 0 Å². The third-order valence-corrected chi connectivity index (χ3v) is 5.12. The molecule has 1 aliphatic heterocycles. The predicted octanol–water partition coefficient (Wildman–Crippen LogP) is 3.81. The lowest BCUT2D eigenvalue weighted by Crippen LogP contribution is -2.64. The number of halogens is 1. The van der Waals surface area contributed by atoms with E-state index in [9.17, 15) is 4.39 Å². The highest BCUT2D eigenvalue weighted by Crippen LogP contribution is 2.27. The Balaban J connectivity index is 2.20. The largest absolute Gasteiger partial charge is 0.308 e. The summed E-state index contributed by atoms with van der Waals surface area (Å²) in [6, 6.07) is 7.63. The first-order valence-corrected chi connectivity index (χ1v) is 8.24. The van der Waals surface area contributed by atoms with Crippen LogP contribution >= 0.6 is 0 Å². The highest BCUT2D eigenvalue weighted by molar-refractivity contribution is 5.17. The average Bonchev–Trinajstić information content (AvgIpc) is 2.49. The maximum Gasteiger partial charge on any atom is 0.127 e. The molecule has 2 rings (SSSR count). The van der Waals surface area contributed by atoms with Gasteiger partial charge in [0.2, 0.25) is 0 Å². The number of hydrogen-bond donors (Lipinski definition) is 1. The number of nitrogens with one attached hydrogen (secondary N) is 1. The molecule has 0 spiro atoms. The van der Waals surface area contributed by atoms with Crippen LogP contribution < -0.4 is 5.32 Å². The van der Waals surface area contributed by atoms with Crippen molar-refractivity contribution in [2.45, 2.75) is 58.7 Å². The lowest BCUT2D eigenvalue weighted by molar-refractivity contribution is 0.0435. The molecule has 3 heteroatoms. The van der Waals surface area contributed by atoms with Gasteiger partial charge in [0.05, 0.1) is 0 Å². The summed E-state index contributed by atoms with van der Waals surface area (Å²) in [6.07, 6.45) is 2.23. The molecule has 1 N–H and O–H groups in total. The first-order chi connectivity index (χ1) is 10.0. The molecule has 0 bridgehead atoms. The monoisotopic (exact) mass is 292 g/mol. The van der Waals surface area contributed by atoms with Crippen molar-refractivity contribution in [3.8, 4) is 0 Å². The van der Waals surface area contributed by atoms with Crippen molar-refractivity contribution in [3.63, 3.8) is 0 Å². The molecule has 1 saturated heterocycles. The summed E-state index contributed by atoms with van der Waals surface area (Å²) in [5.74, 6) is 0.480. The van der Waals surface area contributed by atoms with E-state index >= 15 is 0 Å². The molecule has 21 heavy (non-hydrogen) atoms. The molecule has 1 aromatic carbocycles. The average molecular weight is 292 g/mol. The Bertz CT molecular complexity index is 454.